The molecule has 0 aromatic carbocycles. The number of carboxylic acid groups (broad SMARTS) is 1. The zero-order valence-electron chi connectivity index (χ0n) is 10.1. The minimum absolute atomic E-state index is 0.138. The number of aromatic carboxylic acids is 1. The van der Waals surface area contributed by atoms with Gasteiger partial charge in [0.25, 0.3) is 0 Å². The maximum absolute atomic E-state index is 11.6. The lowest BCUT2D eigenvalue weighted by molar-refractivity contribution is 0.0690. The average molecular weight is 297 g/mol. The van der Waals surface area contributed by atoms with Gasteiger partial charge < -0.3 is 15.7 Å². The quantitative estimate of drug-likeness (QED) is 0.732. The van der Waals surface area contributed by atoms with E-state index in [0.29, 0.717) is 5.69 Å². The first-order valence-corrected chi connectivity index (χ1v) is 7.25. The first-order valence-electron chi connectivity index (χ1n) is 5.53. The summed E-state index contributed by atoms with van der Waals surface area (Å²) in [7, 11) is -3.23. The van der Waals surface area contributed by atoms with Crippen molar-refractivity contribution in [3.05, 3.63) is 35.5 Å². The van der Waals surface area contributed by atoms with Crippen LogP contribution in [0.3, 0.4) is 0 Å². The molecule has 0 radical (unpaired) electrons. The van der Waals surface area contributed by atoms with Crippen LogP contribution in [0.1, 0.15) is 10.5 Å². The van der Waals surface area contributed by atoms with Crippen LogP contribution < -0.4 is 10.6 Å². The van der Waals surface area contributed by atoms with Crippen LogP contribution in [0, 0.1) is 0 Å². The summed E-state index contributed by atoms with van der Waals surface area (Å²) in [4.78, 5) is 25.8. The number of urea groups is 1. The van der Waals surface area contributed by atoms with E-state index in [0.717, 1.165) is 5.41 Å². The predicted octanol–water partition coefficient (Wildman–Crippen LogP) is 0.212. The summed E-state index contributed by atoms with van der Waals surface area (Å²) in [5.41, 5.74) is 0.165. The smallest absolute Gasteiger partial charge is 0.354 e. The number of hydrogen-bond acceptors (Lipinski definition) is 5. The van der Waals surface area contributed by atoms with E-state index in [-0.39, 0.29) is 11.4 Å². The molecule has 9 heteroatoms. The molecule has 0 aliphatic carbocycles. The van der Waals surface area contributed by atoms with E-state index in [4.69, 9.17) is 5.11 Å². The van der Waals surface area contributed by atoms with Crippen molar-refractivity contribution in [2.45, 2.75) is 6.04 Å². The zero-order valence-corrected chi connectivity index (χ0v) is 10.9. The van der Waals surface area contributed by atoms with Crippen LogP contribution in [0.4, 0.5) is 10.5 Å². The lowest BCUT2D eigenvalue weighted by Crippen LogP contribution is -2.38. The highest BCUT2D eigenvalue weighted by molar-refractivity contribution is 7.94. The Labute approximate surface area is 114 Å². The second-order valence-electron chi connectivity index (χ2n) is 4.10. The van der Waals surface area contributed by atoms with E-state index in [1.54, 1.807) is 0 Å². The Bertz CT molecular complexity index is 666. The number of carbonyl (C=O) groups excluding carboxylic acids is 1. The summed E-state index contributed by atoms with van der Waals surface area (Å²) in [6.45, 7) is 0. The standard InChI is InChI=1S/C11H11N3O5S/c15-10(16)9-2-1-7(5-12-9)13-11(17)14-8-3-4-20(18,19)6-8/h1-5,8H,6H2,(H,15,16)(H2,13,14,17). The Morgan fingerprint density at radius 3 is 2.60 bits per heavy atom. The molecule has 1 aliphatic rings. The van der Waals surface area contributed by atoms with Gasteiger partial charge in [0.05, 0.1) is 23.7 Å². The summed E-state index contributed by atoms with van der Waals surface area (Å²) in [5.74, 6) is -1.33. The van der Waals surface area contributed by atoms with Crippen LogP contribution in [0.15, 0.2) is 29.8 Å². The molecule has 1 aliphatic heterocycles. The summed E-state index contributed by atoms with van der Waals surface area (Å²) in [5, 5.41) is 14.6. The fourth-order valence-corrected chi connectivity index (χ4v) is 2.83. The van der Waals surface area contributed by atoms with Gasteiger partial charge in [-0.15, -0.1) is 0 Å². The van der Waals surface area contributed by atoms with E-state index in [9.17, 15) is 18.0 Å². The molecule has 2 amide bonds. The molecule has 0 fully saturated rings. The molecular formula is C11H11N3O5S. The third kappa shape index (κ3) is 3.54. The van der Waals surface area contributed by atoms with Gasteiger partial charge in [-0.1, -0.05) is 0 Å². The van der Waals surface area contributed by atoms with Gasteiger partial charge in [0.2, 0.25) is 0 Å². The average Bonchev–Trinajstić information content (AvgIpc) is 2.69. The van der Waals surface area contributed by atoms with Gasteiger partial charge >= 0.3 is 12.0 Å². The van der Waals surface area contributed by atoms with Crippen molar-refractivity contribution in [2.75, 3.05) is 11.1 Å². The Hall–Kier alpha value is -2.42. The molecule has 2 heterocycles. The highest BCUT2D eigenvalue weighted by Crippen LogP contribution is 2.09. The molecule has 1 aromatic rings. The topological polar surface area (TPSA) is 125 Å². The summed E-state index contributed by atoms with van der Waals surface area (Å²) in [6, 6.07) is 1.46. The second-order valence-corrected chi connectivity index (χ2v) is 6.03. The van der Waals surface area contributed by atoms with E-state index in [1.165, 1.54) is 24.4 Å². The molecule has 8 nitrogen and oxygen atoms in total. The number of nitrogens with one attached hydrogen (secondary N) is 2. The van der Waals surface area contributed by atoms with Gasteiger partial charge in [-0.3, -0.25) is 0 Å². The lowest BCUT2D eigenvalue weighted by atomic mass is 10.3. The number of nitrogens with zero attached hydrogens (tertiary/aromatic N) is 1. The molecule has 0 bridgehead atoms. The van der Waals surface area contributed by atoms with Crippen molar-refractivity contribution in [2.24, 2.45) is 0 Å². The van der Waals surface area contributed by atoms with E-state index < -0.39 is 27.9 Å². The number of carbonyl (C=O) groups is 2. The van der Waals surface area contributed by atoms with Crippen LogP contribution in [-0.2, 0) is 9.84 Å². The van der Waals surface area contributed by atoms with Crippen molar-refractivity contribution in [1.82, 2.24) is 10.3 Å². The number of rotatable bonds is 3. The fraction of sp³-hybridized carbons (Fsp3) is 0.182. The minimum atomic E-state index is -3.23. The SMILES string of the molecule is O=C(Nc1ccc(C(=O)O)nc1)NC1C=CS(=O)(=O)C1. The minimum Gasteiger partial charge on any atom is -0.477 e. The number of anilines is 1. The van der Waals surface area contributed by atoms with Gasteiger partial charge in [-0.2, -0.15) is 0 Å². The van der Waals surface area contributed by atoms with Crippen LogP contribution in [-0.4, -0.2) is 42.3 Å². The van der Waals surface area contributed by atoms with Gasteiger partial charge in [-0.05, 0) is 18.2 Å². The van der Waals surface area contributed by atoms with Crippen LogP contribution in [0.25, 0.3) is 0 Å². The highest BCUT2D eigenvalue weighted by Gasteiger charge is 2.22. The largest absolute Gasteiger partial charge is 0.477 e. The highest BCUT2D eigenvalue weighted by atomic mass is 32.2. The van der Waals surface area contributed by atoms with Gasteiger partial charge in [-0.25, -0.2) is 23.0 Å². The second kappa shape index (κ2) is 5.29. The molecule has 0 spiro atoms. The Balaban J connectivity index is 1.92. The fourth-order valence-electron chi connectivity index (χ4n) is 1.60. The Morgan fingerprint density at radius 2 is 2.10 bits per heavy atom. The van der Waals surface area contributed by atoms with E-state index in [1.807, 2.05) is 0 Å². The number of hydrogen-bond donors (Lipinski definition) is 3. The third-order valence-corrected chi connectivity index (χ3v) is 3.88. The normalized spacial score (nSPS) is 19.5. The van der Waals surface area contributed by atoms with Gasteiger partial charge in [0.15, 0.2) is 9.84 Å². The molecule has 2 rings (SSSR count). The van der Waals surface area contributed by atoms with Crippen molar-refractivity contribution >= 4 is 27.5 Å². The van der Waals surface area contributed by atoms with Gasteiger partial charge in [0, 0.05) is 5.41 Å². The molecule has 1 unspecified atom stereocenters. The van der Waals surface area contributed by atoms with E-state index in [2.05, 4.69) is 15.6 Å². The maximum Gasteiger partial charge on any atom is 0.354 e. The molecule has 0 saturated heterocycles. The molecule has 3 N–H and O–H groups in total. The predicted molar refractivity (Wildman–Crippen MR) is 70.1 cm³/mol. The lowest BCUT2D eigenvalue weighted by Gasteiger charge is -2.11. The summed E-state index contributed by atoms with van der Waals surface area (Å²) in [6.07, 6.45) is 2.59. The number of pyridine rings is 1. The summed E-state index contributed by atoms with van der Waals surface area (Å²) < 4.78 is 22.3. The van der Waals surface area contributed by atoms with Crippen molar-refractivity contribution in [3.63, 3.8) is 0 Å². The third-order valence-electron chi connectivity index (χ3n) is 2.49. The molecular weight excluding hydrogens is 286 g/mol. The van der Waals surface area contributed by atoms with Gasteiger partial charge in [0.1, 0.15) is 5.69 Å². The Morgan fingerprint density at radius 1 is 1.35 bits per heavy atom. The van der Waals surface area contributed by atoms with Crippen molar-refractivity contribution in [3.8, 4) is 0 Å². The number of carboxylic acids is 1. The molecule has 1 atom stereocenters. The summed E-state index contributed by atoms with van der Waals surface area (Å²) >= 11 is 0. The van der Waals surface area contributed by atoms with Crippen LogP contribution >= 0.6 is 0 Å². The molecule has 1 aromatic heterocycles. The van der Waals surface area contributed by atoms with Crippen molar-refractivity contribution in [1.29, 1.82) is 0 Å². The molecule has 20 heavy (non-hydrogen) atoms. The number of sulfone groups is 1. The maximum atomic E-state index is 11.6. The first kappa shape index (κ1) is 14.0. The first-order chi connectivity index (χ1) is 9.35. The van der Waals surface area contributed by atoms with Crippen LogP contribution in [0.5, 0.6) is 0 Å². The molecule has 106 valence electrons. The number of aromatic nitrogens is 1. The Kier molecular flexibility index (Phi) is 3.70. The number of amides is 2. The van der Waals surface area contributed by atoms with Crippen molar-refractivity contribution < 1.29 is 23.1 Å². The monoisotopic (exact) mass is 297 g/mol. The van der Waals surface area contributed by atoms with Crippen LogP contribution in [0.2, 0.25) is 0 Å². The molecule has 0 saturated carbocycles. The zero-order chi connectivity index (χ0) is 14.8. The van der Waals surface area contributed by atoms with E-state index >= 15 is 0 Å².